The molecule has 0 aliphatic heterocycles. The largest absolute Gasteiger partial charge is 0.208 e. The van der Waals surface area contributed by atoms with Gasteiger partial charge in [0.2, 0.25) is 0 Å². The molecule has 3 nitrogen and oxygen atoms in total. The van der Waals surface area contributed by atoms with Gasteiger partial charge < -0.3 is 0 Å². The molecule has 0 spiro atoms. The van der Waals surface area contributed by atoms with Gasteiger partial charge in [0.1, 0.15) is 0 Å². The van der Waals surface area contributed by atoms with E-state index in [1.165, 1.54) is 16.2 Å². The second-order valence-electron chi connectivity index (χ2n) is 12.2. The lowest BCUT2D eigenvalue weighted by atomic mass is 9.95. The molecule has 0 bridgehead atoms. The first-order valence-electron chi connectivity index (χ1n) is 16.3. The van der Waals surface area contributed by atoms with Crippen LogP contribution in [0, 0.1) is 0 Å². The molecule has 0 fully saturated rings. The van der Waals surface area contributed by atoms with Gasteiger partial charge in [0.15, 0.2) is 17.5 Å². The van der Waals surface area contributed by atoms with Gasteiger partial charge in [0.25, 0.3) is 0 Å². The molecule has 0 unspecified atom stereocenters. The molecule has 4 heteroatoms. The van der Waals surface area contributed by atoms with Crippen LogP contribution in [0.15, 0.2) is 170 Å². The van der Waals surface area contributed by atoms with Crippen molar-refractivity contribution in [3.05, 3.63) is 175 Å². The molecule has 0 radical (unpaired) electrons. The van der Waals surface area contributed by atoms with E-state index in [9.17, 15) is 0 Å². The van der Waals surface area contributed by atoms with Crippen LogP contribution in [0.25, 0.3) is 88.7 Å². The van der Waals surface area contributed by atoms with E-state index in [0.717, 1.165) is 55.1 Å². The van der Waals surface area contributed by atoms with E-state index in [2.05, 4.69) is 152 Å². The molecule has 9 rings (SSSR count). The Kier molecular flexibility index (Phi) is 7.18. The summed E-state index contributed by atoms with van der Waals surface area (Å²) in [6, 6.07) is 58.8. The SMILES string of the molecule is Clc1ccccc1-c1cc(-c2nc(-c3cccc(-c4ccc5ccccc5c4)c3)nc(-c3ccc4ccccc4c3)n2)cc2ccccc12. The van der Waals surface area contributed by atoms with Gasteiger partial charge in [-0.3, -0.25) is 0 Å². The molecule has 0 aliphatic carbocycles. The maximum Gasteiger partial charge on any atom is 0.164 e. The topological polar surface area (TPSA) is 38.7 Å². The summed E-state index contributed by atoms with van der Waals surface area (Å²) < 4.78 is 0. The molecule has 0 N–H and O–H groups in total. The van der Waals surface area contributed by atoms with Crippen LogP contribution in [0.4, 0.5) is 0 Å². The second kappa shape index (κ2) is 12.1. The number of hydrogen-bond donors (Lipinski definition) is 0. The summed E-state index contributed by atoms with van der Waals surface area (Å²) in [5, 5.41) is 7.63. The highest BCUT2D eigenvalue weighted by Crippen LogP contribution is 2.38. The van der Waals surface area contributed by atoms with Gasteiger partial charge in [0.05, 0.1) is 0 Å². The molecule has 0 aliphatic rings. The van der Waals surface area contributed by atoms with E-state index < -0.39 is 0 Å². The molecule has 9 aromatic rings. The molecular weight excluding hydrogens is 618 g/mol. The number of fused-ring (bicyclic) bond motifs is 3. The Balaban J connectivity index is 1.25. The number of aromatic nitrogens is 3. The van der Waals surface area contributed by atoms with Gasteiger partial charge in [-0.05, 0) is 85.4 Å². The lowest BCUT2D eigenvalue weighted by molar-refractivity contribution is 1.08. The molecule has 49 heavy (non-hydrogen) atoms. The first kappa shape index (κ1) is 29.0. The maximum atomic E-state index is 6.77. The summed E-state index contributed by atoms with van der Waals surface area (Å²) in [5.74, 6) is 1.83. The Morgan fingerprint density at radius 3 is 1.51 bits per heavy atom. The zero-order valence-electron chi connectivity index (χ0n) is 26.4. The average Bonchev–Trinajstić information content (AvgIpc) is 3.17. The van der Waals surface area contributed by atoms with Crippen molar-refractivity contribution in [2.75, 3.05) is 0 Å². The van der Waals surface area contributed by atoms with Crippen molar-refractivity contribution in [2.45, 2.75) is 0 Å². The average molecular weight is 646 g/mol. The Morgan fingerprint density at radius 1 is 0.306 bits per heavy atom. The Hall–Kier alpha value is -6.16. The highest BCUT2D eigenvalue weighted by atomic mass is 35.5. The van der Waals surface area contributed by atoms with Crippen molar-refractivity contribution in [3.63, 3.8) is 0 Å². The number of hydrogen-bond acceptors (Lipinski definition) is 3. The third kappa shape index (κ3) is 5.50. The van der Waals surface area contributed by atoms with Crippen LogP contribution in [0.5, 0.6) is 0 Å². The van der Waals surface area contributed by atoms with E-state index >= 15 is 0 Å². The van der Waals surface area contributed by atoms with Crippen molar-refractivity contribution in [3.8, 4) is 56.4 Å². The van der Waals surface area contributed by atoms with Crippen molar-refractivity contribution in [1.29, 1.82) is 0 Å². The molecule has 8 aromatic carbocycles. The summed E-state index contributed by atoms with van der Waals surface area (Å²) in [4.78, 5) is 15.4. The minimum absolute atomic E-state index is 0.600. The highest BCUT2D eigenvalue weighted by Gasteiger charge is 2.17. The lowest BCUT2D eigenvalue weighted by Crippen LogP contribution is -2.01. The van der Waals surface area contributed by atoms with Crippen molar-refractivity contribution < 1.29 is 0 Å². The fraction of sp³-hybridized carbons (Fsp3) is 0. The highest BCUT2D eigenvalue weighted by molar-refractivity contribution is 6.33. The Bertz CT molecular complexity index is 2700. The predicted molar refractivity (Wildman–Crippen MR) is 205 cm³/mol. The molecule has 0 amide bonds. The predicted octanol–water partition coefficient (Wildman–Crippen LogP) is 12.3. The zero-order chi connectivity index (χ0) is 32.7. The van der Waals surface area contributed by atoms with Crippen LogP contribution in [-0.4, -0.2) is 15.0 Å². The summed E-state index contributed by atoms with van der Waals surface area (Å²) in [6.07, 6.45) is 0. The number of halogens is 1. The van der Waals surface area contributed by atoms with E-state index in [4.69, 9.17) is 26.6 Å². The summed E-state index contributed by atoms with van der Waals surface area (Å²) >= 11 is 6.77. The molecule has 230 valence electrons. The first-order valence-corrected chi connectivity index (χ1v) is 16.7. The van der Waals surface area contributed by atoms with Gasteiger partial charge in [-0.2, -0.15) is 0 Å². The van der Waals surface area contributed by atoms with Gasteiger partial charge in [0, 0.05) is 27.3 Å². The third-order valence-electron chi connectivity index (χ3n) is 9.13. The fourth-order valence-corrected chi connectivity index (χ4v) is 6.88. The van der Waals surface area contributed by atoms with Crippen LogP contribution in [0.2, 0.25) is 5.02 Å². The van der Waals surface area contributed by atoms with Crippen molar-refractivity contribution in [1.82, 2.24) is 15.0 Å². The van der Waals surface area contributed by atoms with Crippen LogP contribution in [-0.2, 0) is 0 Å². The Morgan fingerprint density at radius 2 is 0.796 bits per heavy atom. The summed E-state index contributed by atoms with van der Waals surface area (Å²) in [7, 11) is 0. The fourth-order valence-electron chi connectivity index (χ4n) is 6.64. The lowest BCUT2D eigenvalue weighted by Gasteiger charge is -2.13. The monoisotopic (exact) mass is 645 g/mol. The second-order valence-corrected chi connectivity index (χ2v) is 12.6. The van der Waals surface area contributed by atoms with Gasteiger partial charge in [-0.15, -0.1) is 0 Å². The van der Waals surface area contributed by atoms with Gasteiger partial charge >= 0.3 is 0 Å². The maximum absolute atomic E-state index is 6.77. The van der Waals surface area contributed by atoms with Crippen molar-refractivity contribution in [2.24, 2.45) is 0 Å². The van der Waals surface area contributed by atoms with Crippen LogP contribution in [0.1, 0.15) is 0 Å². The molecule has 0 atom stereocenters. The van der Waals surface area contributed by atoms with E-state index in [-0.39, 0.29) is 0 Å². The minimum atomic E-state index is 0.600. The number of benzene rings is 8. The van der Waals surface area contributed by atoms with Crippen LogP contribution in [0.3, 0.4) is 0 Å². The smallest absolute Gasteiger partial charge is 0.164 e. The van der Waals surface area contributed by atoms with E-state index in [0.29, 0.717) is 22.5 Å². The zero-order valence-corrected chi connectivity index (χ0v) is 27.1. The summed E-state index contributed by atoms with van der Waals surface area (Å²) in [6.45, 7) is 0. The normalized spacial score (nSPS) is 11.4. The first-order chi connectivity index (χ1) is 24.2. The van der Waals surface area contributed by atoms with Crippen molar-refractivity contribution >= 4 is 43.9 Å². The minimum Gasteiger partial charge on any atom is -0.208 e. The molecule has 0 saturated carbocycles. The van der Waals surface area contributed by atoms with Gasteiger partial charge in [-0.1, -0.05) is 145 Å². The molecule has 1 heterocycles. The summed E-state index contributed by atoms with van der Waals surface area (Å²) in [5.41, 5.74) is 6.99. The van der Waals surface area contributed by atoms with Crippen LogP contribution < -0.4 is 0 Å². The number of nitrogens with zero attached hydrogens (tertiary/aromatic N) is 3. The molecule has 1 aromatic heterocycles. The Labute approximate surface area is 289 Å². The number of rotatable bonds is 5. The molecular formula is C45H28ClN3. The van der Waals surface area contributed by atoms with E-state index in [1.807, 2.05) is 18.2 Å². The third-order valence-corrected chi connectivity index (χ3v) is 9.46. The standard InChI is InChI=1S/C45H28ClN3/c46-42-19-8-7-18-40(42)41-28-38(27-35-14-5-6-17-39(35)41)45-48-43(47-44(49-45)37-23-21-30-11-2-4-13-32(30)25-37)36-16-9-15-33(26-36)34-22-20-29-10-1-3-12-31(29)24-34/h1-28H. The van der Waals surface area contributed by atoms with Crippen LogP contribution >= 0.6 is 11.6 Å². The molecule has 0 saturated heterocycles. The quantitative estimate of drug-likeness (QED) is 0.187. The van der Waals surface area contributed by atoms with Gasteiger partial charge in [-0.25, -0.2) is 15.0 Å². The van der Waals surface area contributed by atoms with E-state index in [1.54, 1.807) is 0 Å².